The molecule has 2 aromatic rings. The van der Waals surface area contributed by atoms with Crippen LogP contribution in [0.3, 0.4) is 0 Å². The highest BCUT2D eigenvalue weighted by Crippen LogP contribution is 2.19. The lowest BCUT2D eigenvalue weighted by Gasteiger charge is -1.96. The topological polar surface area (TPSA) is 69.1 Å². The van der Waals surface area contributed by atoms with E-state index in [1.54, 1.807) is 0 Å². The monoisotopic (exact) mass is 259 g/mol. The van der Waals surface area contributed by atoms with E-state index in [9.17, 15) is 4.57 Å². The third kappa shape index (κ3) is 2.82. The van der Waals surface area contributed by atoms with Crippen molar-refractivity contribution in [1.29, 1.82) is 0 Å². The molecule has 0 aliphatic heterocycles. The van der Waals surface area contributed by atoms with Gasteiger partial charge in [0, 0.05) is 13.1 Å². The van der Waals surface area contributed by atoms with Gasteiger partial charge >= 0.3 is 7.80 Å². The van der Waals surface area contributed by atoms with E-state index < -0.39 is 7.80 Å². The summed E-state index contributed by atoms with van der Waals surface area (Å²) in [7, 11) is -1.54. The zero-order valence-corrected chi connectivity index (χ0v) is 10.9. The Bertz CT molecular complexity index is 485. The Morgan fingerprint density at radius 2 is 1.06 bits per heavy atom. The van der Waals surface area contributed by atoms with Crippen LogP contribution in [0.5, 0.6) is 0 Å². The number of hydrogen-bond acceptors (Lipinski definition) is 3. The molecule has 0 bridgehead atoms. The van der Waals surface area contributed by atoms with Gasteiger partial charge in [-0.15, -0.1) is 0 Å². The third-order valence-electron chi connectivity index (χ3n) is 2.81. The first-order valence-corrected chi connectivity index (χ1v) is 7.06. The molecular formula is C14H16N2OP+. The number of rotatable bonds is 4. The van der Waals surface area contributed by atoms with Crippen molar-refractivity contribution >= 4 is 18.4 Å². The van der Waals surface area contributed by atoms with E-state index in [1.165, 1.54) is 0 Å². The second kappa shape index (κ2) is 5.87. The summed E-state index contributed by atoms with van der Waals surface area (Å²) in [5, 5.41) is 1.64. The molecule has 0 radical (unpaired) electrons. The van der Waals surface area contributed by atoms with E-state index in [4.69, 9.17) is 11.5 Å². The van der Waals surface area contributed by atoms with Crippen molar-refractivity contribution in [1.82, 2.24) is 0 Å². The fourth-order valence-electron chi connectivity index (χ4n) is 1.68. The Kier molecular flexibility index (Phi) is 4.21. The van der Waals surface area contributed by atoms with E-state index >= 15 is 0 Å². The van der Waals surface area contributed by atoms with Gasteiger partial charge in [0.25, 0.3) is 0 Å². The standard InChI is InChI=1S/C14H16N2OP/c15-9-11-1-5-13(6-2-11)18(17)14-7-3-12(10-16)4-8-14/h1-8H,9-10,15-16H2/q+1. The summed E-state index contributed by atoms with van der Waals surface area (Å²) in [5.41, 5.74) is 13.2. The summed E-state index contributed by atoms with van der Waals surface area (Å²) in [4.78, 5) is 0. The predicted molar refractivity (Wildman–Crippen MR) is 75.5 cm³/mol. The fraction of sp³-hybridized carbons (Fsp3) is 0.143. The van der Waals surface area contributed by atoms with Gasteiger partial charge in [0.05, 0.1) is 0 Å². The second-order valence-electron chi connectivity index (χ2n) is 4.04. The molecule has 18 heavy (non-hydrogen) atoms. The zero-order chi connectivity index (χ0) is 13.0. The molecule has 0 aliphatic rings. The van der Waals surface area contributed by atoms with E-state index in [2.05, 4.69) is 0 Å². The lowest BCUT2D eigenvalue weighted by molar-refractivity contribution is 0.598. The van der Waals surface area contributed by atoms with E-state index in [1.807, 2.05) is 48.5 Å². The first-order valence-electron chi connectivity index (χ1n) is 5.80. The van der Waals surface area contributed by atoms with Gasteiger partial charge in [-0.3, -0.25) is 0 Å². The van der Waals surface area contributed by atoms with Gasteiger partial charge in [0.15, 0.2) is 10.6 Å². The number of nitrogens with two attached hydrogens (primary N) is 2. The Morgan fingerprint density at radius 3 is 1.33 bits per heavy atom. The molecule has 2 rings (SSSR count). The SMILES string of the molecule is NCc1ccc([P+](=O)c2ccc(CN)cc2)cc1. The Morgan fingerprint density at radius 1 is 0.722 bits per heavy atom. The minimum Gasteiger partial charge on any atom is -0.326 e. The molecule has 0 saturated heterocycles. The van der Waals surface area contributed by atoms with Crippen LogP contribution in [-0.4, -0.2) is 0 Å². The molecule has 92 valence electrons. The first kappa shape index (κ1) is 12.9. The maximum absolute atomic E-state index is 12.3. The normalized spacial score (nSPS) is 10.3. The molecule has 3 nitrogen and oxygen atoms in total. The van der Waals surface area contributed by atoms with Crippen LogP contribution in [0.15, 0.2) is 48.5 Å². The fourth-order valence-corrected chi connectivity index (χ4v) is 2.82. The van der Waals surface area contributed by atoms with Gasteiger partial charge in [-0.1, -0.05) is 28.8 Å². The molecular weight excluding hydrogens is 243 g/mol. The highest BCUT2D eigenvalue weighted by molar-refractivity contribution is 7.61. The van der Waals surface area contributed by atoms with Crippen LogP contribution in [-0.2, 0) is 17.7 Å². The second-order valence-corrected chi connectivity index (χ2v) is 5.66. The molecule has 4 heteroatoms. The summed E-state index contributed by atoms with van der Waals surface area (Å²) in [6.07, 6.45) is 0. The summed E-state index contributed by atoms with van der Waals surface area (Å²) >= 11 is 0. The Balaban J connectivity index is 2.23. The van der Waals surface area contributed by atoms with Gasteiger partial charge in [-0.05, 0) is 35.4 Å². The van der Waals surface area contributed by atoms with E-state index in [0.29, 0.717) is 13.1 Å². The molecule has 0 fully saturated rings. The number of benzene rings is 2. The van der Waals surface area contributed by atoms with Crippen LogP contribution in [0.2, 0.25) is 0 Å². The van der Waals surface area contributed by atoms with Crippen molar-refractivity contribution in [3.63, 3.8) is 0 Å². The van der Waals surface area contributed by atoms with Crippen molar-refractivity contribution in [3.8, 4) is 0 Å². The van der Waals surface area contributed by atoms with Crippen LogP contribution in [0.4, 0.5) is 0 Å². The van der Waals surface area contributed by atoms with Crippen molar-refractivity contribution in [2.45, 2.75) is 13.1 Å². The minimum atomic E-state index is -1.54. The van der Waals surface area contributed by atoms with Gasteiger partial charge in [-0.2, -0.15) is 0 Å². The maximum Gasteiger partial charge on any atom is 0.415 e. The van der Waals surface area contributed by atoms with Crippen LogP contribution in [0.25, 0.3) is 0 Å². The lowest BCUT2D eigenvalue weighted by Crippen LogP contribution is -2.08. The van der Waals surface area contributed by atoms with Crippen LogP contribution < -0.4 is 22.1 Å². The van der Waals surface area contributed by atoms with Crippen molar-refractivity contribution in [2.24, 2.45) is 11.5 Å². The van der Waals surface area contributed by atoms with Gasteiger partial charge in [-0.25, -0.2) is 0 Å². The van der Waals surface area contributed by atoms with E-state index in [-0.39, 0.29) is 0 Å². The maximum atomic E-state index is 12.3. The summed E-state index contributed by atoms with van der Waals surface area (Å²) in [6, 6.07) is 15.1. The molecule has 0 heterocycles. The molecule has 0 aromatic heterocycles. The molecule has 0 spiro atoms. The van der Waals surface area contributed by atoms with Crippen LogP contribution in [0.1, 0.15) is 11.1 Å². The quantitative estimate of drug-likeness (QED) is 0.815. The van der Waals surface area contributed by atoms with Crippen LogP contribution in [0, 0.1) is 0 Å². The van der Waals surface area contributed by atoms with Gasteiger partial charge in [0.2, 0.25) is 0 Å². The summed E-state index contributed by atoms with van der Waals surface area (Å²) < 4.78 is 12.3. The Hall–Kier alpha value is -1.54. The largest absolute Gasteiger partial charge is 0.415 e. The van der Waals surface area contributed by atoms with Crippen molar-refractivity contribution < 1.29 is 4.57 Å². The van der Waals surface area contributed by atoms with Gasteiger partial charge < -0.3 is 11.5 Å². The number of hydrogen-bond donors (Lipinski definition) is 2. The van der Waals surface area contributed by atoms with Crippen molar-refractivity contribution in [3.05, 3.63) is 59.7 Å². The smallest absolute Gasteiger partial charge is 0.326 e. The van der Waals surface area contributed by atoms with Crippen LogP contribution >= 0.6 is 7.80 Å². The molecule has 0 unspecified atom stereocenters. The molecule has 0 saturated carbocycles. The highest BCUT2D eigenvalue weighted by Gasteiger charge is 2.22. The minimum absolute atomic E-state index is 0.502. The Labute approximate surface area is 108 Å². The third-order valence-corrected chi connectivity index (χ3v) is 4.35. The van der Waals surface area contributed by atoms with E-state index in [0.717, 1.165) is 21.7 Å². The molecule has 0 atom stereocenters. The predicted octanol–water partition coefficient (Wildman–Crippen LogP) is 1.38. The van der Waals surface area contributed by atoms with Crippen molar-refractivity contribution in [2.75, 3.05) is 0 Å². The summed E-state index contributed by atoms with van der Waals surface area (Å²) in [5.74, 6) is 0. The first-order chi connectivity index (χ1) is 8.74. The average Bonchev–Trinajstić information content (AvgIpc) is 2.47. The molecule has 4 N–H and O–H groups in total. The molecule has 0 aliphatic carbocycles. The average molecular weight is 259 g/mol. The highest BCUT2D eigenvalue weighted by atomic mass is 31.1. The molecule has 0 amide bonds. The summed E-state index contributed by atoms with van der Waals surface area (Å²) in [6.45, 7) is 1.00. The zero-order valence-electron chi connectivity index (χ0n) is 10.0. The van der Waals surface area contributed by atoms with Gasteiger partial charge in [0.1, 0.15) is 0 Å². The lowest BCUT2D eigenvalue weighted by atomic mass is 10.2. The molecule has 2 aromatic carbocycles.